The third kappa shape index (κ3) is 4.18. The van der Waals surface area contributed by atoms with Crippen LogP contribution in [-0.2, 0) is 0 Å². The first-order valence-electron chi connectivity index (χ1n) is 6.44. The zero-order chi connectivity index (χ0) is 16.1. The SMILES string of the molecule is COc1ccc(C(=O)N/N=C\c2cc(Br)c(C)c(Br)c2)cc1. The molecule has 2 rings (SSSR count). The van der Waals surface area contributed by atoms with Crippen LogP contribution >= 0.6 is 31.9 Å². The lowest BCUT2D eigenvalue weighted by atomic mass is 10.2. The summed E-state index contributed by atoms with van der Waals surface area (Å²) in [6.07, 6.45) is 1.59. The van der Waals surface area contributed by atoms with Gasteiger partial charge in [0, 0.05) is 14.5 Å². The molecular formula is C16H14Br2N2O2. The molecule has 2 aromatic rings. The molecule has 0 saturated carbocycles. The molecule has 0 saturated heterocycles. The average molecular weight is 426 g/mol. The lowest BCUT2D eigenvalue weighted by Crippen LogP contribution is -2.17. The molecule has 0 aliphatic rings. The van der Waals surface area contributed by atoms with Crippen LogP contribution in [0.1, 0.15) is 21.5 Å². The number of nitrogens with zero attached hydrogens (tertiary/aromatic N) is 1. The normalized spacial score (nSPS) is 10.7. The molecule has 0 aromatic heterocycles. The molecule has 0 spiro atoms. The van der Waals surface area contributed by atoms with Crippen LogP contribution in [-0.4, -0.2) is 19.2 Å². The van der Waals surface area contributed by atoms with Gasteiger partial charge < -0.3 is 4.74 Å². The molecule has 114 valence electrons. The highest BCUT2D eigenvalue weighted by molar-refractivity contribution is 9.11. The van der Waals surface area contributed by atoms with Crippen molar-refractivity contribution < 1.29 is 9.53 Å². The fourth-order valence-electron chi connectivity index (χ4n) is 1.71. The molecule has 0 atom stereocenters. The van der Waals surface area contributed by atoms with Crippen molar-refractivity contribution in [2.24, 2.45) is 5.10 Å². The van der Waals surface area contributed by atoms with Gasteiger partial charge >= 0.3 is 0 Å². The van der Waals surface area contributed by atoms with Crippen LogP contribution in [0.2, 0.25) is 0 Å². The van der Waals surface area contributed by atoms with E-state index in [-0.39, 0.29) is 5.91 Å². The number of hydrogen-bond donors (Lipinski definition) is 1. The van der Waals surface area contributed by atoms with Gasteiger partial charge in [-0.15, -0.1) is 0 Å². The molecular weight excluding hydrogens is 412 g/mol. The van der Waals surface area contributed by atoms with E-state index in [4.69, 9.17) is 4.74 Å². The Bertz CT molecular complexity index is 690. The van der Waals surface area contributed by atoms with Crippen molar-refractivity contribution in [2.45, 2.75) is 6.92 Å². The second kappa shape index (κ2) is 7.56. The third-order valence-corrected chi connectivity index (χ3v) is 4.68. The van der Waals surface area contributed by atoms with E-state index in [1.165, 1.54) is 0 Å². The maximum Gasteiger partial charge on any atom is 0.271 e. The Balaban J connectivity index is 2.03. The van der Waals surface area contributed by atoms with Crippen molar-refractivity contribution in [1.82, 2.24) is 5.43 Å². The van der Waals surface area contributed by atoms with Gasteiger partial charge in [-0.3, -0.25) is 4.79 Å². The summed E-state index contributed by atoms with van der Waals surface area (Å²) >= 11 is 6.95. The fourth-order valence-corrected chi connectivity index (χ4v) is 2.93. The van der Waals surface area contributed by atoms with E-state index in [0.29, 0.717) is 11.3 Å². The van der Waals surface area contributed by atoms with E-state index in [1.807, 2.05) is 19.1 Å². The quantitative estimate of drug-likeness (QED) is 0.586. The summed E-state index contributed by atoms with van der Waals surface area (Å²) < 4.78 is 7.00. The van der Waals surface area contributed by atoms with Gasteiger partial charge in [0.1, 0.15) is 5.75 Å². The van der Waals surface area contributed by atoms with Crippen molar-refractivity contribution in [1.29, 1.82) is 0 Å². The van der Waals surface area contributed by atoms with Crippen LogP contribution in [0.15, 0.2) is 50.4 Å². The van der Waals surface area contributed by atoms with Gasteiger partial charge in [-0.05, 0) is 54.4 Å². The number of hydrazone groups is 1. The number of halogens is 2. The molecule has 0 fully saturated rings. The molecule has 0 heterocycles. The number of carbonyl (C=O) groups excluding carboxylic acids is 1. The van der Waals surface area contributed by atoms with Crippen molar-refractivity contribution in [3.63, 3.8) is 0 Å². The summed E-state index contributed by atoms with van der Waals surface area (Å²) in [4.78, 5) is 11.9. The number of rotatable bonds is 4. The Labute approximate surface area is 145 Å². The Morgan fingerprint density at radius 1 is 1.18 bits per heavy atom. The third-order valence-electron chi connectivity index (χ3n) is 3.04. The lowest BCUT2D eigenvalue weighted by molar-refractivity contribution is 0.0955. The summed E-state index contributed by atoms with van der Waals surface area (Å²) in [5, 5.41) is 3.97. The Hall–Kier alpha value is -1.66. The minimum Gasteiger partial charge on any atom is -0.497 e. The molecule has 6 heteroatoms. The van der Waals surface area contributed by atoms with E-state index >= 15 is 0 Å². The van der Waals surface area contributed by atoms with E-state index < -0.39 is 0 Å². The smallest absolute Gasteiger partial charge is 0.271 e. The molecule has 22 heavy (non-hydrogen) atoms. The Morgan fingerprint density at radius 2 is 1.77 bits per heavy atom. The molecule has 0 radical (unpaired) electrons. The van der Waals surface area contributed by atoms with Crippen molar-refractivity contribution >= 4 is 44.0 Å². The summed E-state index contributed by atoms with van der Waals surface area (Å²) in [5.41, 5.74) is 5.00. The summed E-state index contributed by atoms with van der Waals surface area (Å²) in [6.45, 7) is 2.00. The molecule has 0 bridgehead atoms. The monoisotopic (exact) mass is 424 g/mol. The van der Waals surface area contributed by atoms with E-state index in [0.717, 1.165) is 20.1 Å². The van der Waals surface area contributed by atoms with Gasteiger partial charge in [-0.1, -0.05) is 31.9 Å². The second-order valence-corrected chi connectivity index (χ2v) is 6.25. The maximum atomic E-state index is 11.9. The first-order chi connectivity index (χ1) is 10.5. The van der Waals surface area contributed by atoms with Crippen LogP contribution < -0.4 is 10.2 Å². The van der Waals surface area contributed by atoms with Crippen LogP contribution in [0, 0.1) is 6.92 Å². The van der Waals surface area contributed by atoms with Crippen LogP contribution in [0.3, 0.4) is 0 Å². The standard InChI is InChI=1S/C16H14Br2N2O2/c1-10-14(17)7-11(8-15(10)18)9-19-20-16(21)12-3-5-13(22-2)6-4-12/h3-9H,1-2H3,(H,20,21)/b19-9-. The highest BCUT2D eigenvalue weighted by Crippen LogP contribution is 2.25. The van der Waals surface area contributed by atoms with E-state index in [2.05, 4.69) is 42.4 Å². The first-order valence-corrected chi connectivity index (χ1v) is 8.03. The Morgan fingerprint density at radius 3 is 2.32 bits per heavy atom. The number of carbonyl (C=O) groups is 1. The molecule has 0 unspecified atom stereocenters. The summed E-state index contributed by atoms with van der Waals surface area (Å²) in [5.74, 6) is 0.429. The minimum atomic E-state index is -0.274. The molecule has 2 aromatic carbocycles. The van der Waals surface area contributed by atoms with Gasteiger partial charge in [-0.2, -0.15) is 5.10 Å². The predicted octanol–water partition coefficient (Wildman–Crippen LogP) is 4.29. The van der Waals surface area contributed by atoms with Crippen LogP contribution in [0.4, 0.5) is 0 Å². The molecule has 1 N–H and O–H groups in total. The number of methoxy groups -OCH3 is 1. The molecule has 0 aliphatic heterocycles. The largest absolute Gasteiger partial charge is 0.497 e. The van der Waals surface area contributed by atoms with Gasteiger partial charge in [0.2, 0.25) is 0 Å². The van der Waals surface area contributed by atoms with Crippen molar-refractivity contribution in [3.05, 3.63) is 62.0 Å². The molecule has 1 amide bonds. The topological polar surface area (TPSA) is 50.7 Å². The average Bonchev–Trinajstić information content (AvgIpc) is 2.52. The van der Waals surface area contributed by atoms with E-state index in [1.54, 1.807) is 37.6 Å². The van der Waals surface area contributed by atoms with Crippen molar-refractivity contribution in [3.8, 4) is 5.75 Å². The second-order valence-electron chi connectivity index (χ2n) is 4.54. The van der Waals surface area contributed by atoms with Crippen LogP contribution in [0.5, 0.6) is 5.75 Å². The first kappa shape index (κ1) is 16.7. The maximum absolute atomic E-state index is 11.9. The number of amides is 1. The Kier molecular flexibility index (Phi) is 5.74. The number of benzene rings is 2. The number of nitrogens with one attached hydrogen (secondary N) is 1. The summed E-state index contributed by atoms with van der Waals surface area (Å²) in [7, 11) is 1.58. The molecule has 0 aliphatic carbocycles. The van der Waals surface area contributed by atoms with Gasteiger partial charge in [0.25, 0.3) is 5.91 Å². The summed E-state index contributed by atoms with van der Waals surface area (Å²) in [6, 6.07) is 10.7. The zero-order valence-electron chi connectivity index (χ0n) is 12.1. The van der Waals surface area contributed by atoms with Crippen LogP contribution in [0.25, 0.3) is 0 Å². The van der Waals surface area contributed by atoms with Gasteiger partial charge in [0.15, 0.2) is 0 Å². The van der Waals surface area contributed by atoms with Gasteiger partial charge in [0.05, 0.1) is 13.3 Å². The van der Waals surface area contributed by atoms with E-state index in [9.17, 15) is 4.79 Å². The lowest BCUT2D eigenvalue weighted by Gasteiger charge is -2.04. The minimum absolute atomic E-state index is 0.274. The predicted molar refractivity (Wildman–Crippen MR) is 94.6 cm³/mol. The van der Waals surface area contributed by atoms with Gasteiger partial charge in [-0.25, -0.2) is 5.43 Å². The zero-order valence-corrected chi connectivity index (χ0v) is 15.2. The highest BCUT2D eigenvalue weighted by atomic mass is 79.9. The highest BCUT2D eigenvalue weighted by Gasteiger charge is 2.04. The van der Waals surface area contributed by atoms with Crippen molar-refractivity contribution in [2.75, 3.05) is 7.11 Å². The molecule has 4 nitrogen and oxygen atoms in total. The fraction of sp³-hybridized carbons (Fsp3) is 0.125. The number of hydrogen-bond acceptors (Lipinski definition) is 3. The number of ether oxygens (including phenoxy) is 1.